The van der Waals surface area contributed by atoms with Gasteiger partial charge in [0.2, 0.25) is 5.88 Å². The van der Waals surface area contributed by atoms with E-state index in [2.05, 4.69) is 15.0 Å². The van der Waals surface area contributed by atoms with Gasteiger partial charge in [-0.05, 0) is 18.6 Å². The van der Waals surface area contributed by atoms with Crippen LogP contribution in [0.15, 0.2) is 36.5 Å². The monoisotopic (exact) mass is 382 g/mol. The fraction of sp³-hybridized carbons (Fsp3) is 0.350. The number of nitrogens with one attached hydrogen (secondary N) is 1. The summed E-state index contributed by atoms with van der Waals surface area (Å²) in [5, 5.41) is 10.6. The van der Waals surface area contributed by atoms with E-state index in [4.69, 9.17) is 9.47 Å². The summed E-state index contributed by atoms with van der Waals surface area (Å²) in [6.07, 6.45) is 1.98. The van der Waals surface area contributed by atoms with Crippen molar-refractivity contribution in [1.29, 1.82) is 0 Å². The number of H-pyrrole nitrogens is 1. The smallest absolute Gasteiger partial charge is 0.407 e. The minimum absolute atomic E-state index is 0.00558. The van der Waals surface area contributed by atoms with Gasteiger partial charge >= 0.3 is 6.09 Å². The Morgan fingerprint density at radius 3 is 2.89 bits per heavy atom. The number of nitrogens with zero attached hydrogens (tertiary/aromatic N) is 3. The highest BCUT2D eigenvalue weighted by molar-refractivity contribution is 5.85. The van der Waals surface area contributed by atoms with Gasteiger partial charge in [-0.15, -0.1) is 0 Å². The molecular weight excluding hydrogens is 360 g/mol. The van der Waals surface area contributed by atoms with Gasteiger partial charge < -0.3 is 19.6 Å². The first kappa shape index (κ1) is 18.2. The van der Waals surface area contributed by atoms with Gasteiger partial charge in [0.05, 0.1) is 42.2 Å². The molecule has 1 unspecified atom stereocenters. The van der Waals surface area contributed by atoms with Gasteiger partial charge in [0.15, 0.2) is 0 Å². The highest BCUT2D eigenvalue weighted by atomic mass is 16.5. The number of piperidine rings is 1. The van der Waals surface area contributed by atoms with E-state index in [0.29, 0.717) is 31.1 Å². The lowest BCUT2D eigenvalue weighted by atomic mass is 9.99. The van der Waals surface area contributed by atoms with E-state index in [1.165, 1.54) is 4.90 Å². The maximum atomic E-state index is 11.7. The Morgan fingerprint density at radius 1 is 1.32 bits per heavy atom. The van der Waals surface area contributed by atoms with Crippen LogP contribution in [0, 0.1) is 0 Å². The number of hydrogen-bond acceptors (Lipinski definition) is 5. The molecule has 0 radical (unpaired) electrons. The molecule has 0 aliphatic carbocycles. The van der Waals surface area contributed by atoms with Crippen LogP contribution in [0.2, 0.25) is 0 Å². The van der Waals surface area contributed by atoms with Crippen molar-refractivity contribution in [1.82, 2.24) is 19.9 Å². The number of pyridine rings is 1. The minimum atomic E-state index is -0.956. The first-order chi connectivity index (χ1) is 13.6. The zero-order valence-corrected chi connectivity index (χ0v) is 15.8. The molecule has 146 valence electrons. The molecule has 2 N–H and O–H groups in total. The molecule has 2 atom stereocenters. The molecule has 4 rings (SSSR count). The third kappa shape index (κ3) is 3.27. The average molecular weight is 382 g/mol. The Labute approximate surface area is 162 Å². The Kier molecular flexibility index (Phi) is 4.87. The fourth-order valence-electron chi connectivity index (χ4n) is 3.72. The fourth-order valence-corrected chi connectivity index (χ4v) is 3.72. The molecular formula is C20H22N4O4. The summed E-state index contributed by atoms with van der Waals surface area (Å²) in [5.74, 6) is 1.08. The Balaban J connectivity index is 1.72. The third-order valence-corrected chi connectivity index (χ3v) is 5.22. The molecule has 1 amide bonds. The number of para-hydroxylation sites is 1. The van der Waals surface area contributed by atoms with Gasteiger partial charge in [-0.1, -0.05) is 18.2 Å². The van der Waals surface area contributed by atoms with E-state index in [9.17, 15) is 9.90 Å². The van der Waals surface area contributed by atoms with Crippen LogP contribution < -0.4 is 4.74 Å². The number of fused-ring (bicyclic) bond motifs is 1. The Hall–Kier alpha value is -3.13. The van der Waals surface area contributed by atoms with Gasteiger partial charge in [0.25, 0.3) is 0 Å². The van der Waals surface area contributed by atoms with Crippen LogP contribution in [0.4, 0.5) is 4.79 Å². The van der Waals surface area contributed by atoms with Crippen molar-refractivity contribution in [3.05, 3.63) is 42.4 Å². The molecule has 0 bridgehead atoms. The average Bonchev–Trinajstić information content (AvgIpc) is 3.22. The first-order valence-corrected chi connectivity index (χ1v) is 9.12. The molecule has 8 nitrogen and oxygen atoms in total. The lowest BCUT2D eigenvalue weighted by Crippen LogP contribution is -2.42. The Bertz CT molecular complexity index is 1000. The number of hydrogen-bond donors (Lipinski definition) is 2. The second-order valence-corrected chi connectivity index (χ2v) is 6.79. The number of carbonyl (C=O) groups is 1. The van der Waals surface area contributed by atoms with Crippen LogP contribution in [0.1, 0.15) is 24.7 Å². The molecule has 1 aliphatic rings. The number of amides is 1. The number of aromatic nitrogens is 3. The van der Waals surface area contributed by atoms with Crippen molar-refractivity contribution in [2.24, 2.45) is 0 Å². The van der Waals surface area contributed by atoms with Crippen molar-refractivity contribution in [2.75, 3.05) is 20.8 Å². The van der Waals surface area contributed by atoms with Crippen LogP contribution >= 0.6 is 0 Å². The lowest BCUT2D eigenvalue weighted by molar-refractivity contribution is 0.0126. The first-order valence-electron chi connectivity index (χ1n) is 9.12. The second kappa shape index (κ2) is 7.47. The van der Waals surface area contributed by atoms with Crippen molar-refractivity contribution in [3.63, 3.8) is 0 Å². The summed E-state index contributed by atoms with van der Waals surface area (Å²) >= 11 is 0. The quantitative estimate of drug-likeness (QED) is 0.717. The molecule has 0 saturated carbocycles. The maximum absolute atomic E-state index is 11.7. The number of ether oxygens (including phenoxy) is 2. The Morgan fingerprint density at radius 2 is 2.14 bits per heavy atom. The number of likely N-dealkylation sites (tertiary alicyclic amines) is 1. The number of carboxylic acid groups (broad SMARTS) is 1. The van der Waals surface area contributed by atoms with E-state index < -0.39 is 6.09 Å². The lowest BCUT2D eigenvalue weighted by Gasteiger charge is -2.36. The zero-order valence-electron chi connectivity index (χ0n) is 15.8. The molecule has 1 fully saturated rings. The second-order valence-electron chi connectivity index (χ2n) is 6.79. The summed E-state index contributed by atoms with van der Waals surface area (Å²) in [6, 6.07) is 9.40. The van der Waals surface area contributed by atoms with Crippen molar-refractivity contribution in [3.8, 4) is 17.1 Å². The number of methoxy groups -OCH3 is 2. The highest BCUT2D eigenvalue weighted by Crippen LogP contribution is 2.34. The molecule has 1 aliphatic heterocycles. The third-order valence-electron chi connectivity index (χ3n) is 5.22. The summed E-state index contributed by atoms with van der Waals surface area (Å²) in [4.78, 5) is 25.4. The largest absolute Gasteiger partial charge is 0.480 e. The topological polar surface area (TPSA) is 101 Å². The van der Waals surface area contributed by atoms with Crippen LogP contribution in [0.3, 0.4) is 0 Å². The van der Waals surface area contributed by atoms with E-state index in [-0.39, 0.29) is 12.1 Å². The summed E-state index contributed by atoms with van der Waals surface area (Å²) in [6.45, 7) is 0.412. The molecule has 2 aromatic heterocycles. The van der Waals surface area contributed by atoms with Crippen LogP contribution in [0.25, 0.3) is 22.2 Å². The SMILES string of the molecule is COc1nc2ccccc2cc1-c1cnc([C@@H]2CC(OC)CCN2C(=O)O)[nH]1. The van der Waals surface area contributed by atoms with Gasteiger partial charge in [-0.2, -0.15) is 0 Å². The van der Waals surface area contributed by atoms with Gasteiger partial charge in [0.1, 0.15) is 5.82 Å². The van der Waals surface area contributed by atoms with Crippen LogP contribution in [0.5, 0.6) is 5.88 Å². The van der Waals surface area contributed by atoms with E-state index in [0.717, 1.165) is 22.2 Å². The van der Waals surface area contributed by atoms with Crippen LogP contribution in [-0.2, 0) is 4.74 Å². The summed E-state index contributed by atoms with van der Waals surface area (Å²) in [7, 11) is 3.23. The van der Waals surface area contributed by atoms with Crippen molar-refractivity contribution in [2.45, 2.75) is 25.0 Å². The van der Waals surface area contributed by atoms with E-state index in [1.807, 2.05) is 30.3 Å². The molecule has 8 heteroatoms. The number of rotatable bonds is 4. The van der Waals surface area contributed by atoms with E-state index in [1.54, 1.807) is 20.4 Å². The summed E-state index contributed by atoms with van der Waals surface area (Å²) in [5.41, 5.74) is 2.35. The van der Waals surface area contributed by atoms with Gasteiger partial charge in [-0.3, -0.25) is 4.90 Å². The van der Waals surface area contributed by atoms with Gasteiger partial charge in [0, 0.05) is 25.5 Å². The summed E-state index contributed by atoms with van der Waals surface area (Å²) < 4.78 is 10.9. The molecule has 3 aromatic rings. The van der Waals surface area contributed by atoms with E-state index >= 15 is 0 Å². The molecule has 28 heavy (non-hydrogen) atoms. The molecule has 0 spiro atoms. The number of aromatic amines is 1. The highest BCUT2D eigenvalue weighted by Gasteiger charge is 2.34. The minimum Gasteiger partial charge on any atom is -0.480 e. The molecule has 1 aromatic carbocycles. The normalized spacial score (nSPS) is 19.7. The standard InChI is InChI=1S/C20H22N4O4/c1-27-13-7-8-24(20(25)26)17(10-13)18-21-11-16(22-18)14-9-12-5-3-4-6-15(12)23-19(14)28-2/h3-6,9,11,13,17H,7-8,10H2,1-2H3,(H,21,22)(H,25,26)/t13?,17-/m0/s1. The zero-order chi connectivity index (χ0) is 19.7. The number of imidazole rings is 1. The van der Waals surface area contributed by atoms with Gasteiger partial charge in [-0.25, -0.2) is 14.8 Å². The molecule has 1 saturated heterocycles. The number of benzene rings is 1. The maximum Gasteiger partial charge on any atom is 0.407 e. The van der Waals surface area contributed by atoms with Crippen molar-refractivity contribution < 1.29 is 19.4 Å². The van der Waals surface area contributed by atoms with Crippen molar-refractivity contribution >= 4 is 17.0 Å². The van der Waals surface area contributed by atoms with Crippen LogP contribution in [-0.4, -0.2) is 57.9 Å². The predicted octanol–water partition coefficient (Wildman–Crippen LogP) is 3.46. The predicted molar refractivity (Wildman–Crippen MR) is 103 cm³/mol. The molecule has 3 heterocycles.